The minimum absolute atomic E-state index is 0.102. The van der Waals surface area contributed by atoms with Gasteiger partial charge in [-0.2, -0.15) is 5.10 Å². The minimum atomic E-state index is -0.576. The molecule has 9 heteroatoms. The number of nitrogens with one attached hydrogen (secondary N) is 3. The molecular weight excluding hydrogens is 264 g/mol. The second-order valence-corrected chi connectivity index (χ2v) is 3.92. The van der Waals surface area contributed by atoms with E-state index in [0.29, 0.717) is 5.69 Å². The first-order valence-electron chi connectivity index (χ1n) is 5.62. The predicted octanol–water partition coefficient (Wildman–Crippen LogP) is 0.533. The van der Waals surface area contributed by atoms with Crippen molar-refractivity contribution in [2.45, 2.75) is 6.54 Å². The number of H-pyrrole nitrogens is 1. The van der Waals surface area contributed by atoms with Crippen molar-refractivity contribution in [2.24, 2.45) is 5.84 Å². The van der Waals surface area contributed by atoms with Gasteiger partial charge in [-0.15, -0.1) is 0 Å². The molecule has 1 heterocycles. The number of anilines is 1. The first-order valence-corrected chi connectivity index (χ1v) is 5.62. The van der Waals surface area contributed by atoms with Crippen molar-refractivity contribution in [2.75, 3.05) is 5.43 Å². The lowest BCUT2D eigenvalue weighted by Crippen LogP contribution is -2.24. The molecule has 5 N–H and O–H groups in total. The Kier molecular flexibility index (Phi) is 3.91. The van der Waals surface area contributed by atoms with Crippen molar-refractivity contribution in [3.8, 4) is 0 Å². The number of amides is 1. The predicted molar refractivity (Wildman–Crippen MR) is 70.7 cm³/mol. The van der Waals surface area contributed by atoms with Crippen LogP contribution in [-0.4, -0.2) is 21.0 Å². The molecule has 2 aromatic rings. The number of hydrogen-bond acceptors (Lipinski definition) is 6. The number of carbonyl (C=O) groups excluding carboxylic acids is 1. The van der Waals surface area contributed by atoms with Crippen LogP contribution in [-0.2, 0) is 6.54 Å². The van der Waals surface area contributed by atoms with Crippen LogP contribution in [0.5, 0.6) is 0 Å². The zero-order valence-electron chi connectivity index (χ0n) is 10.3. The molecule has 1 aromatic carbocycles. The van der Waals surface area contributed by atoms with E-state index in [-0.39, 0.29) is 17.8 Å². The molecule has 0 aliphatic carbocycles. The zero-order valence-corrected chi connectivity index (χ0v) is 10.3. The average molecular weight is 276 g/mol. The summed E-state index contributed by atoms with van der Waals surface area (Å²) in [4.78, 5) is 22.2. The van der Waals surface area contributed by atoms with Crippen LogP contribution in [0, 0.1) is 10.1 Å². The fourth-order valence-electron chi connectivity index (χ4n) is 1.61. The SMILES string of the molecule is NNc1ccc([N+](=O)[O-])cc1C(=O)NCc1cn[nH]c1. The molecule has 0 unspecified atom stereocenters. The van der Waals surface area contributed by atoms with Crippen LogP contribution in [0.3, 0.4) is 0 Å². The highest BCUT2D eigenvalue weighted by molar-refractivity contribution is 6.00. The third-order valence-electron chi connectivity index (χ3n) is 2.62. The number of benzene rings is 1. The number of nitro benzene ring substituents is 1. The lowest BCUT2D eigenvalue weighted by atomic mass is 10.1. The van der Waals surface area contributed by atoms with Crippen LogP contribution >= 0.6 is 0 Å². The summed E-state index contributed by atoms with van der Waals surface area (Å²) >= 11 is 0. The lowest BCUT2D eigenvalue weighted by Gasteiger charge is -2.09. The lowest BCUT2D eigenvalue weighted by molar-refractivity contribution is -0.384. The number of hydrazine groups is 1. The third-order valence-corrected chi connectivity index (χ3v) is 2.62. The highest BCUT2D eigenvalue weighted by Gasteiger charge is 2.16. The molecule has 20 heavy (non-hydrogen) atoms. The molecule has 1 aromatic heterocycles. The molecule has 0 fully saturated rings. The smallest absolute Gasteiger partial charge is 0.270 e. The van der Waals surface area contributed by atoms with Crippen molar-refractivity contribution in [3.05, 3.63) is 51.8 Å². The van der Waals surface area contributed by atoms with Gasteiger partial charge in [0.2, 0.25) is 0 Å². The highest BCUT2D eigenvalue weighted by Crippen LogP contribution is 2.21. The standard InChI is InChI=1S/C11H12N6O3/c12-16-10-2-1-8(17(19)20)3-9(10)11(18)13-4-7-5-14-15-6-7/h1-3,5-6,16H,4,12H2,(H,13,18)(H,14,15). The van der Waals surface area contributed by atoms with Crippen molar-refractivity contribution in [3.63, 3.8) is 0 Å². The Morgan fingerprint density at radius 2 is 2.30 bits per heavy atom. The van der Waals surface area contributed by atoms with E-state index in [1.807, 2.05) is 0 Å². The monoisotopic (exact) mass is 276 g/mol. The minimum Gasteiger partial charge on any atom is -0.348 e. The van der Waals surface area contributed by atoms with Gasteiger partial charge in [0.25, 0.3) is 11.6 Å². The molecular formula is C11H12N6O3. The number of nitrogens with zero attached hydrogens (tertiary/aromatic N) is 2. The van der Waals surface area contributed by atoms with Gasteiger partial charge in [0.1, 0.15) is 0 Å². The largest absolute Gasteiger partial charge is 0.348 e. The average Bonchev–Trinajstić information content (AvgIpc) is 2.97. The van der Waals surface area contributed by atoms with Gasteiger partial charge < -0.3 is 10.7 Å². The zero-order chi connectivity index (χ0) is 14.5. The molecule has 0 aliphatic rings. The second-order valence-electron chi connectivity index (χ2n) is 3.92. The number of aromatic amines is 1. The number of aromatic nitrogens is 2. The van der Waals surface area contributed by atoms with E-state index in [2.05, 4.69) is 20.9 Å². The van der Waals surface area contributed by atoms with Crippen molar-refractivity contribution < 1.29 is 9.72 Å². The van der Waals surface area contributed by atoms with Gasteiger partial charge in [0.15, 0.2) is 0 Å². The third kappa shape index (κ3) is 2.90. The summed E-state index contributed by atoms with van der Waals surface area (Å²) < 4.78 is 0. The Morgan fingerprint density at radius 3 is 2.90 bits per heavy atom. The summed E-state index contributed by atoms with van der Waals surface area (Å²) in [6.45, 7) is 0.252. The topological polar surface area (TPSA) is 139 Å². The van der Waals surface area contributed by atoms with Crippen LogP contribution in [0.15, 0.2) is 30.6 Å². The van der Waals surface area contributed by atoms with E-state index in [9.17, 15) is 14.9 Å². The summed E-state index contributed by atoms with van der Waals surface area (Å²) in [6.07, 6.45) is 3.20. The molecule has 0 bridgehead atoms. The fraction of sp³-hybridized carbons (Fsp3) is 0.0909. The maximum atomic E-state index is 12.0. The van der Waals surface area contributed by atoms with E-state index in [4.69, 9.17) is 5.84 Å². The first kappa shape index (κ1) is 13.5. The molecule has 9 nitrogen and oxygen atoms in total. The molecule has 0 saturated carbocycles. The van der Waals surface area contributed by atoms with Crippen LogP contribution in [0.2, 0.25) is 0 Å². The van der Waals surface area contributed by atoms with Crippen LogP contribution in [0.4, 0.5) is 11.4 Å². The molecule has 0 spiro atoms. The number of nitrogen functional groups attached to an aromatic ring is 1. The molecule has 0 radical (unpaired) electrons. The van der Waals surface area contributed by atoms with Crippen LogP contribution < -0.4 is 16.6 Å². The Bertz CT molecular complexity index is 625. The van der Waals surface area contributed by atoms with Gasteiger partial charge in [-0.05, 0) is 6.07 Å². The number of rotatable bonds is 5. The van der Waals surface area contributed by atoms with Gasteiger partial charge in [-0.1, -0.05) is 0 Å². The van der Waals surface area contributed by atoms with Gasteiger partial charge in [-0.25, -0.2) is 0 Å². The summed E-state index contributed by atoms with van der Waals surface area (Å²) in [6, 6.07) is 3.81. The Morgan fingerprint density at radius 1 is 1.50 bits per heavy atom. The van der Waals surface area contributed by atoms with Gasteiger partial charge in [0.05, 0.1) is 22.4 Å². The molecule has 0 saturated heterocycles. The number of nitro groups is 1. The Hall–Kier alpha value is -2.94. The quantitative estimate of drug-likeness (QED) is 0.357. The Balaban J connectivity index is 2.18. The number of carbonyl (C=O) groups is 1. The summed E-state index contributed by atoms with van der Waals surface area (Å²) in [7, 11) is 0. The fourth-order valence-corrected chi connectivity index (χ4v) is 1.61. The summed E-state index contributed by atoms with van der Waals surface area (Å²) in [5.41, 5.74) is 3.34. The normalized spacial score (nSPS) is 10.1. The van der Waals surface area contributed by atoms with Gasteiger partial charge in [-0.3, -0.25) is 25.9 Å². The summed E-state index contributed by atoms with van der Waals surface area (Å²) in [5.74, 6) is 4.82. The van der Waals surface area contributed by atoms with Crippen LogP contribution in [0.25, 0.3) is 0 Å². The molecule has 1 amide bonds. The molecule has 0 atom stereocenters. The van der Waals surface area contributed by atoms with E-state index in [1.54, 1.807) is 12.4 Å². The summed E-state index contributed by atoms with van der Waals surface area (Å²) in [5, 5.41) is 19.7. The van der Waals surface area contributed by atoms with E-state index in [0.717, 1.165) is 5.56 Å². The van der Waals surface area contributed by atoms with E-state index >= 15 is 0 Å². The maximum absolute atomic E-state index is 12.0. The molecule has 104 valence electrons. The van der Waals surface area contributed by atoms with Crippen LogP contribution in [0.1, 0.15) is 15.9 Å². The second kappa shape index (κ2) is 5.80. The highest BCUT2D eigenvalue weighted by atomic mass is 16.6. The van der Waals surface area contributed by atoms with Crippen molar-refractivity contribution in [1.29, 1.82) is 0 Å². The number of hydrogen-bond donors (Lipinski definition) is 4. The molecule has 0 aliphatic heterocycles. The first-order chi connectivity index (χ1) is 9.61. The van der Waals surface area contributed by atoms with E-state index in [1.165, 1.54) is 18.2 Å². The van der Waals surface area contributed by atoms with Crippen molar-refractivity contribution in [1.82, 2.24) is 15.5 Å². The van der Waals surface area contributed by atoms with Gasteiger partial charge in [0, 0.05) is 30.4 Å². The maximum Gasteiger partial charge on any atom is 0.270 e. The molecule has 2 rings (SSSR count). The van der Waals surface area contributed by atoms with Gasteiger partial charge >= 0.3 is 0 Å². The number of nitrogens with two attached hydrogens (primary N) is 1. The number of non-ortho nitro benzene ring substituents is 1. The Labute approximate surface area is 113 Å². The van der Waals surface area contributed by atoms with E-state index < -0.39 is 10.8 Å². The van der Waals surface area contributed by atoms with Crippen molar-refractivity contribution >= 4 is 17.3 Å².